The van der Waals surface area contributed by atoms with Crippen LogP contribution in [0.1, 0.15) is 0 Å². The third-order valence-electron chi connectivity index (χ3n) is 0. The Bertz CT molecular complexity index is 27.2. The van der Waals surface area contributed by atoms with Gasteiger partial charge in [-0.25, -0.2) is 0 Å². The summed E-state index contributed by atoms with van der Waals surface area (Å²) in [6.45, 7) is 0. The largest absolute Gasteiger partial charge is 4.00 e. The Hall–Kier alpha value is 1.37. The van der Waals surface area contributed by atoms with E-state index < -0.39 is 9.05 Å². The first-order valence-electron chi connectivity index (χ1n) is 0.816. The van der Waals surface area contributed by atoms with Gasteiger partial charge in [0.1, 0.15) is 0 Å². The van der Waals surface area contributed by atoms with Crippen molar-refractivity contribution in [2.45, 2.75) is 0 Å². The Labute approximate surface area is 68.7 Å². The van der Waals surface area contributed by atoms with Crippen molar-refractivity contribution < 1.29 is 59.8 Å². The molecule has 0 spiro atoms. The van der Waals surface area contributed by atoms with E-state index in [1.54, 1.807) is 0 Å². The minimum absolute atomic E-state index is 0. The van der Waals surface area contributed by atoms with Crippen LogP contribution in [0.5, 0.6) is 0 Å². The van der Waals surface area contributed by atoms with Crippen LogP contribution in [0.15, 0.2) is 0 Å². The summed E-state index contributed by atoms with van der Waals surface area (Å²) in [4.78, 5) is 34.3. The van der Waals surface area contributed by atoms with Crippen LogP contribution in [-0.4, -0.2) is 9.05 Å². The van der Waals surface area contributed by atoms with Crippen LogP contribution >= 0.6 is 0 Å². The predicted molar refractivity (Wildman–Crippen MR) is 5.75 cm³/mol. The van der Waals surface area contributed by atoms with Crippen molar-refractivity contribution in [3.63, 3.8) is 0 Å². The maximum atomic E-state index is 8.58. The molecule has 0 aliphatic heterocycles. The van der Waals surface area contributed by atoms with Crippen molar-refractivity contribution in [2.75, 3.05) is 0 Å². The van der Waals surface area contributed by atoms with E-state index in [0.29, 0.717) is 0 Å². The van der Waals surface area contributed by atoms with Crippen molar-refractivity contribution in [2.24, 2.45) is 0 Å². The van der Waals surface area contributed by atoms with Gasteiger partial charge in [-0.1, -0.05) is 0 Å². The van der Waals surface area contributed by atoms with Gasteiger partial charge in [-0.05, 0) is 0 Å². The van der Waals surface area contributed by atoms with Gasteiger partial charge in [0.25, 0.3) is 0 Å². The molecule has 4 nitrogen and oxygen atoms in total. The molecule has 7 heteroatoms. The van der Waals surface area contributed by atoms with Gasteiger partial charge in [0.05, 0.1) is 0 Å². The molecule has 0 unspecified atom stereocenters. The zero-order valence-electron chi connectivity index (χ0n) is 3.63. The average molecular weight is 147 g/mol. The smallest absolute Gasteiger partial charge is 0.894 e. The first-order chi connectivity index (χ1) is 2.00. The SMILES string of the molecule is [Li+].[O-][Si]([O-])([O-])[O-].[Ti+4]. The fraction of sp³-hybridized carbons (Fsp3) is 0. The van der Waals surface area contributed by atoms with Crippen molar-refractivity contribution in [3.8, 4) is 0 Å². The summed E-state index contributed by atoms with van der Waals surface area (Å²) < 4.78 is 0. The summed E-state index contributed by atoms with van der Waals surface area (Å²) in [5, 5.41) is 0. The Morgan fingerprint density at radius 3 is 0.857 bits per heavy atom. The van der Waals surface area contributed by atoms with E-state index in [2.05, 4.69) is 0 Å². The molecule has 0 amide bonds. The number of rotatable bonds is 0. The molecule has 0 aromatic carbocycles. The molecule has 0 aliphatic rings. The van der Waals surface area contributed by atoms with Gasteiger partial charge in [-0.2, -0.15) is 0 Å². The Kier molecular flexibility index (Phi) is 12.4. The summed E-state index contributed by atoms with van der Waals surface area (Å²) >= 11 is 0. The van der Waals surface area contributed by atoms with Crippen LogP contribution in [0.3, 0.4) is 0 Å². The first-order valence-corrected chi connectivity index (χ1v) is 2.45. The van der Waals surface area contributed by atoms with Crippen LogP contribution in [0.2, 0.25) is 0 Å². The van der Waals surface area contributed by atoms with Crippen LogP contribution in [0.25, 0.3) is 0 Å². The van der Waals surface area contributed by atoms with E-state index in [1.807, 2.05) is 0 Å². The fourth-order valence-corrected chi connectivity index (χ4v) is 0. The van der Waals surface area contributed by atoms with Crippen molar-refractivity contribution in [1.29, 1.82) is 0 Å². The van der Waals surface area contributed by atoms with Gasteiger partial charge in [0.2, 0.25) is 0 Å². The van der Waals surface area contributed by atoms with E-state index in [0.717, 1.165) is 0 Å². The quantitative estimate of drug-likeness (QED) is 0.318. The van der Waals surface area contributed by atoms with Gasteiger partial charge in [-0.3, -0.25) is 0 Å². The minimum atomic E-state index is -5.61. The van der Waals surface area contributed by atoms with Gasteiger partial charge < -0.3 is 28.2 Å². The average Bonchev–Trinajstić information content (AvgIpc) is 0.722. The van der Waals surface area contributed by atoms with Crippen LogP contribution in [-0.2, 0) is 21.7 Å². The fourth-order valence-electron chi connectivity index (χ4n) is 0. The monoisotopic (exact) mass is 147 g/mol. The summed E-state index contributed by atoms with van der Waals surface area (Å²) in [5.74, 6) is 0. The zero-order chi connectivity index (χ0) is 4.50. The van der Waals surface area contributed by atoms with Crippen LogP contribution in [0, 0.1) is 0 Å². The summed E-state index contributed by atoms with van der Waals surface area (Å²) in [5.41, 5.74) is 0. The van der Waals surface area contributed by atoms with E-state index in [1.165, 1.54) is 0 Å². The second-order valence-corrected chi connectivity index (χ2v) is 1.50. The topological polar surface area (TPSA) is 92.2 Å². The van der Waals surface area contributed by atoms with Crippen LogP contribution in [0.4, 0.5) is 0 Å². The normalized spacial score (nSPS) is 8.57. The van der Waals surface area contributed by atoms with Crippen molar-refractivity contribution in [1.82, 2.24) is 0 Å². The Morgan fingerprint density at radius 2 is 0.857 bits per heavy atom. The molecule has 0 aromatic heterocycles. The number of hydrogen-bond acceptors (Lipinski definition) is 4. The van der Waals surface area contributed by atoms with E-state index >= 15 is 0 Å². The van der Waals surface area contributed by atoms with Crippen molar-refractivity contribution in [3.05, 3.63) is 0 Å². The molecular weight excluding hydrogens is 147 g/mol. The van der Waals surface area contributed by atoms with Gasteiger partial charge in [0.15, 0.2) is 0 Å². The molecule has 7 heavy (non-hydrogen) atoms. The van der Waals surface area contributed by atoms with Gasteiger partial charge in [0, 0.05) is 0 Å². The molecule has 0 atom stereocenters. The van der Waals surface area contributed by atoms with Gasteiger partial charge in [-0.15, -0.1) is 0 Å². The maximum absolute atomic E-state index is 8.58. The standard InChI is InChI=1S/Li.O4Si.Ti/c;1-5(2,3)4;/q+1;-4;+4. The maximum Gasteiger partial charge on any atom is 4.00 e. The second-order valence-electron chi connectivity index (χ2n) is 0.500. The van der Waals surface area contributed by atoms with Gasteiger partial charge >= 0.3 is 40.6 Å². The molecule has 0 aromatic rings. The molecule has 0 rings (SSSR count). The Morgan fingerprint density at radius 1 is 0.857 bits per heavy atom. The van der Waals surface area contributed by atoms with E-state index in [-0.39, 0.29) is 40.6 Å². The molecule has 0 N–H and O–H groups in total. The zero-order valence-corrected chi connectivity index (χ0v) is 6.19. The third kappa shape index (κ3) is 113. The molecule has 0 fully saturated rings. The second kappa shape index (κ2) is 5.50. The summed E-state index contributed by atoms with van der Waals surface area (Å²) in [7, 11) is -5.61. The summed E-state index contributed by atoms with van der Waals surface area (Å²) in [6.07, 6.45) is 0. The molecule has 0 aliphatic carbocycles. The van der Waals surface area contributed by atoms with E-state index in [9.17, 15) is 0 Å². The molecule has 0 heterocycles. The Balaban J connectivity index is -0.0000000800. The van der Waals surface area contributed by atoms with E-state index in [4.69, 9.17) is 19.2 Å². The third-order valence-corrected chi connectivity index (χ3v) is 0. The molecule has 32 valence electrons. The molecule has 0 saturated heterocycles. The summed E-state index contributed by atoms with van der Waals surface area (Å²) in [6, 6.07) is 0. The molecular formula is LiO4SiTi+. The molecule has 0 saturated carbocycles. The first kappa shape index (κ1) is 15.8. The number of hydrogen-bond donors (Lipinski definition) is 0. The molecule has 0 bridgehead atoms. The molecule has 0 radical (unpaired) electrons. The van der Waals surface area contributed by atoms with Crippen LogP contribution < -0.4 is 38.0 Å². The minimum Gasteiger partial charge on any atom is -0.894 e. The predicted octanol–water partition coefficient (Wildman–Crippen LogP) is -8.14. The van der Waals surface area contributed by atoms with Crippen molar-refractivity contribution >= 4 is 9.05 Å².